The van der Waals surface area contributed by atoms with E-state index in [1.807, 2.05) is 0 Å². The second kappa shape index (κ2) is 13.6. The Labute approximate surface area is 258 Å². The van der Waals surface area contributed by atoms with Crippen molar-refractivity contribution >= 4 is 27.5 Å². The van der Waals surface area contributed by atoms with E-state index in [2.05, 4.69) is 10.0 Å². The van der Waals surface area contributed by atoms with E-state index >= 15 is 0 Å². The van der Waals surface area contributed by atoms with E-state index in [1.54, 1.807) is 25.1 Å². The zero-order valence-electron chi connectivity index (χ0n) is 24.0. The summed E-state index contributed by atoms with van der Waals surface area (Å²) in [7, 11) is -3.96. The van der Waals surface area contributed by atoms with E-state index in [-0.39, 0.29) is 36.2 Å². The SMILES string of the molecule is CC(C(=O)NCc1ccc2c(c1)OCO2)N(Cc1ccc(F)cc1)C(=O)COc1ccc(S(=O)(=O)Nc2ccc(F)cc2)cc1. The van der Waals surface area contributed by atoms with Gasteiger partial charge in [-0.1, -0.05) is 18.2 Å². The van der Waals surface area contributed by atoms with Gasteiger partial charge in [0.15, 0.2) is 18.1 Å². The predicted octanol–water partition coefficient (Wildman–Crippen LogP) is 4.61. The van der Waals surface area contributed by atoms with Gasteiger partial charge in [0.05, 0.1) is 4.90 Å². The first-order chi connectivity index (χ1) is 21.6. The van der Waals surface area contributed by atoms with Crippen LogP contribution in [0.25, 0.3) is 0 Å². The number of sulfonamides is 1. The number of ether oxygens (including phenoxy) is 3. The van der Waals surface area contributed by atoms with Crippen molar-refractivity contribution in [3.05, 3.63) is 114 Å². The van der Waals surface area contributed by atoms with Crippen LogP contribution in [0.5, 0.6) is 17.2 Å². The normalized spacial score (nSPS) is 12.7. The standard InChI is InChI=1S/C32H29F2N3O7S/c1-21(32(39)35-17-23-4-15-29-30(16-23)44-20-43-29)37(18-22-2-5-24(33)6-3-22)31(38)19-42-27-11-13-28(14-12-27)45(40,41)36-26-9-7-25(34)8-10-26/h2-16,21,36H,17-20H2,1H3,(H,35,39). The van der Waals surface area contributed by atoms with Crippen molar-refractivity contribution in [3.63, 3.8) is 0 Å². The lowest BCUT2D eigenvalue weighted by molar-refractivity contribution is -0.142. The predicted molar refractivity (Wildman–Crippen MR) is 160 cm³/mol. The fourth-order valence-corrected chi connectivity index (χ4v) is 5.49. The van der Waals surface area contributed by atoms with E-state index in [4.69, 9.17) is 14.2 Å². The van der Waals surface area contributed by atoms with Gasteiger partial charge in [0, 0.05) is 18.8 Å². The Morgan fingerprint density at radius 2 is 1.49 bits per heavy atom. The molecule has 0 bridgehead atoms. The molecule has 0 saturated carbocycles. The van der Waals surface area contributed by atoms with Crippen LogP contribution in [0.1, 0.15) is 18.1 Å². The highest BCUT2D eigenvalue weighted by Crippen LogP contribution is 2.32. The third-order valence-electron chi connectivity index (χ3n) is 6.93. The molecule has 4 aromatic rings. The molecule has 45 heavy (non-hydrogen) atoms. The van der Waals surface area contributed by atoms with Crippen LogP contribution in [-0.4, -0.2) is 44.6 Å². The number of hydrogen-bond donors (Lipinski definition) is 2. The molecular formula is C32H29F2N3O7S. The summed E-state index contributed by atoms with van der Waals surface area (Å²) in [6.07, 6.45) is 0. The van der Waals surface area contributed by atoms with Gasteiger partial charge in [0.1, 0.15) is 23.4 Å². The van der Waals surface area contributed by atoms with E-state index in [1.165, 1.54) is 65.6 Å². The maximum Gasteiger partial charge on any atom is 0.261 e. The zero-order valence-corrected chi connectivity index (χ0v) is 24.9. The molecule has 1 aliphatic rings. The lowest BCUT2D eigenvalue weighted by atomic mass is 10.1. The number of nitrogens with zero attached hydrogens (tertiary/aromatic N) is 1. The van der Waals surface area contributed by atoms with Crippen LogP contribution < -0.4 is 24.2 Å². The van der Waals surface area contributed by atoms with E-state index in [9.17, 15) is 26.8 Å². The summed E-state index contributed by atoms with van der Waals surface area (Å²) in [5.41, 5.74) is 1.57. The number of anilines is 1. The number of halogens is 2. The van der Waals surface area contributed by atoms with Gasteiger partial charge in [0.2, 0.25) is 12.7 Å². The van der Waals surface area contributed by atoms with Gasteiger partial charge in [0.25, 0.3) is 15.9 Å². The molecule has 10 nitrogen and oxygen atoms in total. The van der Waals surface area contributed by atoms with Crippen molar-refractivity contribution in [1.82, 2.24) is 10.2 Å². The van der Waals surface area contributed by atoms with E-state index in [0.29, 0.717) is 17.1 Å². The van der Waals surface area contributed by atoms with E-state index in [0.717, 1.165) is 17.7 Å². The van der Waals surface area contributed by atoms with Crippen molar-refractivity contribution in [3.8, 4) is 17.2 Å². The lowest BCUT2D eigenvalue weighted by Gasteiger charge is -2.28. The van der Waals surface area contributed by atoms with Gasteiger partial charge in [-0.15, -0.1) is 0 Å². The molecule has 5 rings (SSSR count). The Balaban J connectivity index is 1.23. The molecule has 4 aromatic carbocycles. The first-order valence-corrected chi connectivity index (χ1v) is 15.3. The second-order valence-electron chi connectivity index (χ2n) is 10.1. The number of carbonyl (C=O) groups excluding carboxylic acids is 2. The third kappa shape index (κ3) is 8.06. The number of benzene rings is 4. The molecule has 0 fully saturated rings. The van der Waals surface area contributed by atoms with Crippen LogP contribution in [0, 0.1) is 11.6 Å². The lowest BCUT2D eigenvalue weighted by Crippen LogP contribution is -2.48. The minimum atomic E-state index is -3.96. The monoisotopic (exact) mass is 637 g/mol. The Morgan fingerprint density at radius 3 is 2.18 bits per heavy atom. The molecule has 2 amide bonds. The maximum atomic E-state index is 13.5. The van der Waals surface area contributed by atoms with Crippen LogP contribution in [0.4, 0.5) is 14.5 Å². The molecule has 1 atom stereocenters. The summed E-state index contributed by atoms with van der Waals surface area (Å²) in [6.45, 7) is 1.43. The number of rotatable bonds is 12. The summed E-state index contributed by atoms with van der Waals surface area (Å²) >= 11 is 0. The number of hydrogen-bond acceptors (Lipinski definition) is 7. The summed E-state index contributed by atoms with van der Waals surface area (Å²) in [4.78, 5) is 27.8. The minimum absolute atomic E-state index is 0.00726. The molecule has 2 N–H and O–H groups in total. The molecule has 0 spiro atoms. The first-order valence-electron chi connectivity index (χ1n) is 13.8. The highest BCUT2D eigenvalue weighted by Gasteiger charge is 2.27. The maximum absolute atomic E-state index is 13.5. The molecule has 234 valence electrons. The van der Waals surface area contributed by atoms with Crippen molar-refractivity contribution < 1.29 is 41.0 Å². The molecule has 1 aliphatic heterocycles. The molecular weight excluding hydrogens is 608 g/mol. The quantitative estimate of drug-likeness (QED) is 0.233. The largest absolute Gasteiger partial charge is 0.484 e. The van der Waals surface area contributed by atoms with Crippen LogP contribution >= 0.6 is 0 Å². The van der Waals surface area contributed by atoms with Gasteiger partial charge in [-0.3, -0.25) is 14.3 Å². The van der Waals surface area contributed by atoms with Gasteiger partial charge >= 0.3 is 0 Å². The number of amides is 2. The van der Waals surface area contributed by atoms with Crippen molar-refractivity contribution in [1.29, 1.82) is 0 Å². The third-order valence-corrected chi connectivity index (χ3v) is 8.33. The van der Waals surface area contributed by atoms with Crippen molar-refractivity contribution in [2.45, 2.75) is 31.0 Å². The Kier molecular flexibility index (Phi) is 9.48. The summed E-state index contributed by atoms with van der Waals surface area (Å²) in [6, 6.07) is 20.2. The van der Waals surface area contributed by atoms with Gasteiger partial charge in [-0.2, -0.15) is 0 Å². The number of carbonyl (C=O) groups is 2. The van der Waals surface area contributed by atoms with Gasteiger partial charge in [-0.05, 0) is 90.8 Å². The van der Waals surface area contributed by atoms with Crippen LogP contribution in [-0.2, 0) is 32.7 Å². The van der Waals surface area contributed by atoms with Crippen LogP contribution in [0.3, 0.4) is 0 Å². The first kappa shape index (κ1) is 31.3. The van der Waals surface area contributed by atoms with E-state index < -0.39 is 46.1 Å². The fraction of sp³-hybridized carbons (Fsp3) is 0.188. The van der Waals surface area contributed by atoms with Crippen LogP contribution in [0.2, 0.25) is 0 Å². The fourth-order valence-electron chi connectivity index (χ4n) is 4.43. The average Bonchev–Trinajstić information content (AvgIpc) is 3.51. The molecule has 1 heterocycles. The molecule has 13 heteroatoms. The Hall–Kier alpha value is -5.17. The van der Waals surface area contributed by atoms with Crippen LogP contribution in [0.15, 0.2) is 95.9 Å². The second-order valence-corrected chi connectivity index (χ2v) is 11.8. The Morgan fingerprint density at radius 1 is 0.867 bits per heavy atom. The highest BCUT2D eigenvalue weighted by atomic mass is 32.2. The number of fused-ring (bicyclic) bond motifs is 1. The smallest absolute Gasteiger partial charge is 0.261 e. The average molecular weight is 638 g/mol. The van der Waals surface area contributed by atoms with Crippen molar-refractivity contribution in [2.75, 3.05) is 18.1 Å². The minimum Gasteiger partial charge on any atom is -0.484 e. The summed E-state index contributed by atoms with van der Waals surface area (Å²) in [5.74, 6) is -0.478. The highest BCUT2D eigenvalue weighted by molar-refractivity contribution is 7.92. The molecule has 1 unspecified atom stereocenters. The van der Waals surface area contributed by atoms with Gasteiger partial charge < -0.3 is 24.4 Å². The number of nitrogens with one attached hydrogen (secondary N) is 2. The summed E-state index contributed by atoms with van der Waals surface area (Å²) in [5, 5.41) is 2.82. The van der Waals surface area contributed by atoms with Crippen molar-refractivity contribution in [2.24, 2.45) is 0 Å². The van der Waals surface area contributed by atoms with Gasteiger partial charge in [-0.25, -0.2) is 17.2 Å². The summed E-state index contributed by atoms with van der Waals surface area (Å²) < 4.78 is 70.8. The topological polar surface area (TPSA) is 123 Å². The molecule has 0 aliphatic carbocycles. The molecule has 0 aromatic heterocycles. The molecule has 0 saturated heterocycles. The zero-order chi connectivity index (χ0) is 32.0. The molecule has 0 radical (unpaired) electrons. The Bertz CT molecular complexity index is 1770.